The maximum atomic E-state index is 11.0. The molecule has 0 aliphatic carbocycles. The van der Waals surface area contributed by atoms with E-state index >= 15 is 0 Å². The van der Waals surface area contributed by atoms with Crippen molar-refractivity contribution in [3.8, 4) is 0 Å². The first-order chi connectivity index (χ1) is 5.63. The lowest BCUT2D eigenvalue weighted by Gasteiger charge is -2.21. The molecule has 0 heterocycles. The van der Waals surface area contributed by atoms with Crippen LogP contribution in [-0.2, 0) is 9.53 Å². The number of esters is 1. The van der Waals surface area contributed by atoms with Crippen LogP contribution in [0.5, 0.6) is 0 Å². The van der Waals surface area contributed by atoms with Crippen LogP contribution >= 0.6 is 11.8 Å². The van der Waals surface area contributed by atoms with E-state index < -0.39 is 0 Å². The molecule has 1 unspecified atom stereocenters. The molecule has 0 saturated heterocycles. The Bertz CT molecular complexity index is 141. The molecule has 0 aromatic rings. The van der Waals surface area contributed by atoms with E-state index in [2.05, 4.69) is 11.0 Å². The van der Waals surface area contributed by atoms with Gasteiger partial charge in [0.05, 0.1) is 7.11 Å². The number of carbonyl (C=O) groups excluding carboxylic acids is 1. The van der Waals surface area contributed by atoms with Crippen LogP contribution in [0.4, 0.5) is 0 Å². The highest BCUT2D eigenvalue weighted by molar-refractivity contribution is 7.98. The molecule has 0 aliphatic heterocycles. The quantitative estimate of drug-likeness (QED) is 0.602. The summed E-state index contributed by atoms with van der Waals surface area (Å²) in [5.41, 5.74) is 0. The Morgan fingerprint density at radius 1 is 1.67 bits per heavy atom. The fourth-order valence-electron chi connectivity index (χ4n) is 0.779. The summed E-state index contributed by atoms with van der Waals surface area (Å²) in [4.78, 5) is 13.0. The normalized spacial score (nSPS) is 13.1. The summed E-state index contributed by atoms with van der Waals surface area (Å²) in [6.45, 7) is 2.77. The first kappa shape index (κ1) is 11.8. The fourth-order valence-corrected chi connectivity index (χ4v) is 1.25. The van der Waals surface area contributed by atoms with Crippen LogP contribution in [0.3, 0.4) is 0 Å². The molecule has 0 spiro atoms. The van der Waals surface area contributed by atoms with Gasteiger partial charge in [0.15, 0.2) is 0 Å². The Morgan fingerprint density at radius 3 is 2.67 bits per heavy atom. The Hall–Kier alpha value is -0.220. The van der Waals surface area contributed by atoms with E-state index in [0.717, 1.165) is 12.3 Å². The summed E-state index contributed by atoms with van der Waals surface area (Å²) < 4.78 is 4.63. The number of hydrogen-bond acceptors (Lipinski definition) is 4. The van der Waals surface area contributed by atoms with E-state index in [4.69, 9.17) is 0 Å². The second-order valence-corrected chi connectivity index (χ2v) is 3.66. The van der Waals surface area contributed by atoms with Crippen LogP contribution in [0.1, 0.15) is 6.92 Å². The monoisotopic (exact) mass is 191 g/mol. The third kappa shape index (κ3) is 3.97. The molecule has 72 valence electrons. The SMILES string of the molecule is COC(=O)C(C)N(C)CCSC. The number of likely N-dealkylation sites (N-methyl/N-ethyl adjacent to an activating group) is 1. The lowest BCUT2D eigenvalue weighted by molar-refractivity contribution is -0.145. The molecule has 4 heteroatoms. The minimum atomic E-state index is -0.168. The van der Waals surface area contributed by atoms with Gasteiger partial charge in [-0.15, -0.1) is 0 Å². The first-order valence-electron chi connectivity index (χ1n) is 3.90. The summed E-state index contributed by atoms with van der Waals surface area (Å²) in [5, 5.41) is 0. The summed E-state index contributed by atoms with van der Waals surface area (Å²) in [6, 6.07) is -0.137. The van der Waals surface area contributed by atoms with Gasteiger partial charge < -0.3 is 4.74 Å². The van der Waals surface area contributed by atoms with Crippen molar-refractivity contribution in [2.45, 2.75) is 13.0 Å². The molecule has 0 N–H and O–H groups in total. The average Bonchev–Trinajstić information content (AvgIpc) is 2.11. The van der Waals surface area contributed by atoms with Crippen molar-refractivity contribution in [2.75, 3.05) is 32.7 Å². The standard InChI is InChI=1S/C8H17NO2S/c1-7(8(10)11-3)9(2)5-6-12-4/h7H,5-6H2,1-4H3. The van der Waals surface area contributed by atoms with Crippen molar-refractivity contribution < 1.29 is 9.53 Å². The van der Waals surface area contributed by atoms with E-state index in [0.29, 0.717) is 0 Å². The van der Waals surface area contributed by atoms with Crippen LogP contribution in [0.15, 0.2) is 0 Å². The molecule has 0 aromatic heterocycles. The van der Waals surface area contributed by atoms with Crippen molar-refractivity contribution in [2.24, 2.45) is 0 Å². The van der Waals surface area contributed by atoms with Crippen molar-refractivity contribution in [1.82, 2.24) is 4.90 Å². The summed E-state index contributed by atoms with van der Waals surface area (Å²) in [7, 11) is 3.35. The van der Waals surface area contributed by atoms with Gasteiger partial charge in [-0.3, -0.25) is 9.69 Å². The smallest absolute Gasteiger partial charge is 0.322 e. The van der Waals surface area contributed by atoms with Crippen LogP contribution in [0.25, 0.3) is 0 Å². The van der Waals surface area contributed by atoms with Gasteiger partial charge in [-0.25, -0.2) is 0 Å². The molecule has 3 nitrogen and oxygen atoms in total. The van der Waals surface area contributed by atoms with Gasteiger partial charge in [0.2, 0.25) is 0 Å². The molecule has 0 radical (unpaired) electrons. The van der Waals surface area contributed by atoms with E-state index in [1.54, 1.807) is 11.8 Å². The summed E-state index contributed by atoms with van der Waals surface area (Å²) in [5.74, 6) is 0.872. The Morgan fingerprint density at radius 2 is 2.25 bits per heavy atom. The van der Waals surface area contributed by atoms with Crippen LogP contribution in [0.2, 0.25) is 0 Å². The summed E-state index contributed by atoms with van der Waals surface area (Å²) >= 11 is 1.77. The molecule has 0 rings (SSSR count). The van der Waals surface area contributed by atoms with Crippen LogP contribution < -0.4 is 0 Å². The van der Waals surface area contributed by atoms with Crippen molar-refractivity contribution in [3.05, 3.63) is 0 Å². The van der Waals surface area contributed by atoms with Crippen LogP contribution in [0, 0.1) is 0 Å². The average molecular weight is 191 g/mol. The number of ether oxygens (including phenoxy) is 1. The highest BCUT2D eigenvalue weighted by atomic mass is 32.2. The second-order valence-electron chi connectivity index (χ2n) is 2.67. The third-order valence-corrected chi connectivity index (χ3v) is 2.44. The number of carbonyl (C=O) groups is 1. The molecule has 1 atom stereocenters. The van der Waals surface area contributed by atoms with Crippen molar-refractivity contribution in [1.29, 1.82) is 0 Å². The van der Waals surface area contributed by atoms with Crippen molar-refractivity contribution in [3.63, 3.8) is 0 Å². The molecule has 0 fully saturated rings. The minimum absolute atomic E-state index is 0.137. The van der Waals surface area contributed by atoms with Crippen molar-refractivity contribution >= 4 is 17.7 Å². The maximum absolute atomic E-state index is 11.0. The molecule has 0 aliphatic rings. The predicted octanol–water partition coefficient (Wildman–Crippen LogP) is 0.843. The molecular weight excluding hydrogens is 174 g/mol. The largest absolute Gasteiger partial charge is 0.468 e. The highest BCUT2D eigenvalue weighted by Gasteiger charge is 2.17. The van der Waals surface area contributed by atoms with Gasteiger partial charge in [-0.2, -0.15) is 11.8 Å². The third-order valence-electron chi connectivity index (χ3n) is 1.85. The molecule has 0 saturated carbocycles. The van der Waals surface area contributed by atoms with Gasteiger partial charge in [0.25, 0.3) is 0 Å². The molecule has 0 amide bonds. The highest BCUT2D eigenvalue weighted by Crippen LogP contribution is 2.00. The number of nitrogens with zero attached hydrogens (tertiary/aromatic N) is 1. The number of thioether (sulfide) groups is 1. The van der Waals surface area contributed by atoms with Gasteiger partial charge in [-0.05, 0) is 20.2 Å². The first-order valence-corrected chi connectivity index (χ1v) is 5.29. The minimum Gasteiger partial charge on any atom is -0.468 e. The van der Waals surface area contributed by atoms with Gasteiger partial charge in [0.1, 0.15) is 6.04 Å². The Kier molecular flexibility index (Phi) is 6.20. The Labute approximate surface area is 78.5 Å². The predicted molar refractivity (Wildman–Crippen MR) is 52.5 cm³/mol. The fraction of sp³-hybridized carbons (Fsp3) is 0.875. The summed E-state index contributed by atoms with van der Waals surface area (Å²) in [6.07, 6.45) is 2.05. The second kappa shape index (κ2) is 6.31. The maximum Gasteiger partial charge on any atom is 0.322 e. The lowest BCUT2D eigenvalue weighted by Crippen LogP contribution is -2.38. The molecule has 0 bridgehead atoms. The number of hydrogen-bond donors (Lipinski definition) is 0. The van der Waals surface area contributed by atoms with E-state index in [1.807, 2.05) is 18.9 Å². The van der Waals surface area contributed by atoms with E-state index in [9.17, 15) is 4.79 Å². The van der Waals surface area contributed by atoms with E-state index in [-0.39, 0.29) is 12.0 Å². The molecule has 12 heavy (non-hydrogen) atoms. The number of methoxy groups -OCH3 is 1. The zero-order valence-electron chi connectivity index (χ0n) is 8.16. The number of rotatable bonds is 5. The Balaban J connectivity index is 3.75. The zero-order chi connectivity index (χ0) is 9.56. The topological polar surface area (TPSA) is 29.5 Å². The molecular formula is C8H17NO2S. The van der Waals surface area contributed by atoms with Gasteiger partial charge in [-0.1, -0.05) is 0 Å². The van der Waals surface area contributed by atoms with Crippen LogP contribution in [-0.4, -0.2) is 49.6 Å². The zero-order valence-corrected chi connectivity index (χ0v) is 8.98. The van der Waals surface area contributed by atoms with Gasteiger partial charge >= 0.3 is 5.97 Å². The van der Waals surface area contributed by atoms with Gasteiger partial charge in [0, 0.05) is 12.3 Å². The lowest BCUT2D eigenvalue weighted by atomic mass is 10.3. The molecule has 0 aromatic carbocycles. The van der Waals surface area contributed by atoms with E-state index in [1.165, 1.54) is 7.11 Å².